The second-order valence-electron chi connectivity index (χ2n) is 18.8. The van der Waals surface area contributed by atoms with Gasteiger partial charge in [-0.3, -0.25) is 28.4 Å². The summed E-state index contributed by atoms with van der Waals surface area (Å²) >= 11 is 0. The number of amides is 7. The van der Waals surface area contributed by atoms with Gasteiger partial charge in [0.15, 0.2) is 6.61 Å². The van der Waals surface area contributed by atoms with Crippen LogP contribution in [-0.2, 0) is 46.6 Å². The smallest absolute Gasteiger partial charge is 0.429 e. The molecule has 19 nitrogen and oxygen atoms in total. The van der Waals surface area contributed by atoms with Crippen LogP contribution in [0.1, 0.15) is 109 Å². The van der Waals surface area contributed by atoms with Gasteiger partial charge in [0.1, 0.15) is 24.3 Å². The van der Waals surface area contributed by atoms with Gasteiger partial charge < -0.3 is 57.0 Å². The van der Waals surface area contributed by atoms with Crippen LogP contribution in [0.15, 0.2) is 79.0 Å². The lowest BCUT2D eigenvalue weighted by molar-refractivity contribution is -0.140. The van der Waals surface area contributed by atoms with Crippen LogP contribution in [0, 0.1) is 24.1 Å². The maximum atomic E-state index is 15.3. The van der Waals surface area contributed by atoms with Gasteiger partial charge in [-0.05, 0) is 85.9 Å². The molecule has 0 saturated carbocycles. The van der Waals surface area contributed by atoms with E-state index >= 15 is 4.39 Å². The van der Waals surface area contributed by atoms with Gasteiger partial charge in [0.05, 0.1) is 25.5 Å². The van der Waals surface area contributed by atoms with Crippen LogP contribution < -0.4 is 38.1 Å². The molecule has 4 rings (SSSR count). The molecule has 0 bridgehead atoms. The minimum absolute atomic E-state index is 0.187. The highest BCUT2D eigenvalue weighted by Crippen LogP contribution is 2.39. The fourth-order valence-corrected chi connectivity index (χ4v) is 7.51. The Morgan fingerprint density at radius 3 is 2.16 bits per heavy atom. The van der Waals surface area contributed by atoms with E-state index in [-0.39, 0.29) is 37.9 Å². The van der Waals surface area contributed by atoms with Gasteiger partial charge in [-0.25, -0.2) is 19.0 Å². The van der Waals surface area contributed by atoms with Gasteiger partial charge in [-0.15, -0.1) is 0 Å². The Bertz CT molecular complexity index is 2400. The van der Waals surface area contributed by atoms with Crippen molar-refractivity contribution in [3.05, 3.63) is 107 Å². The Balaban J connectivity index is 0.00000197. The number of imidazole rings is 1. The molecule has 21 heteroatoms. The van der Waals surface area contributed by atoms with Crippen molar-refractivity contribution in [2.24, 2.45) is 22.8 Å². The number of nitrogens with two attached hydrogens (primary N) is 2. The lowest BCUT2D eigenvalue weighted by atomic mass is 9.84. The zero-order chi connectivity index (χ0) is 55.9. The summed E-state index contributed by atoms with van der Waals surface area (Å²) in [5.74, 6) is -1.86. The number of ether oxygens (including phenoxy) is 2. The summed E-state index contributed by atoms with van der Waals surface area (Å²) in [6, 6.07) is 19.1. The van der Waals surface area contributed by atoms with Crippen molar-refractivity contribution in [1.29, 1.82) is 0 Å². The van der Waals surface area contributed by atoms with E-state index in [2.05, 4.69) is 26.6 Å². The third kappa shape index (κ3) is 23.6. The molecule has 0 radical (unpaired) electrons. The van der Waals surface area contributed by atoms with E-state index in [1.807, 2.05) is 69.5 Å². The number of anilines is 1. The van der Waals surface area contributed by atoms with Crippen LogP contribution in [0.5, 0.6) is 0 Å². The van der Waals surface area contributed by atoms with E-state index in [0.717, 1.165) is 30.4 Å². The van der Waals surface area contributed by atoms with E-state index in [0.29, 0.717) is 80.9 Å². The maximum absolute atomic E-state index is 15.3. The molecule has 3 aromatic carbocycles. The van der Waals surface area contributed by atoms with Gasteiger partial charge in [0.2, 0.25) is 24.1 Å². The average Bonchev–Trinajstić information content (AvgIpc) is 3.78. The molecule has 0 aliphatic heterocycles. The number of hydrogen-bond acceptors (Lipinski definition) is 11. The second kappa shape index (κ2) is 34.1. The summed E-state index contributed by atoms with van der Waals surface area (Å²) in [7, 11) is 0.500. The number of nitrogens with zero attached hydrogens (tertiary/aromatic N) is 3. The monoisotopic (exact) mass is 1050 g/mol. The molecule has 9 N–H and O–H groups in total. The summed E-state index contributed by atoms with van der Waals surface area (Å²) in [6.45, 7) is 14.4. The molecule has 1 heterocycles. The van der Waals surface area contributed by atoms with E-state index in [1.54, 1.807) is 61.3 Å². The predicted octanol–water partition coefficient (Wildman–Crippen LogP) is 6.82. The number of benzene rings is 3. The minimum atomic E-state index is -1.06. The Morgan fingerprint density at radius 1 is 0.867 bits per heavy atom. The molecule has 0 spiro atoms. The third-order valence-corrected chi connectivity index (χ3v) is 11.2. The molecular formula is C54H78F2N10O9. The Labute approximate surface area is 439 Å². The first-order chi connectivity index (χ1) is 35.8. The number of rotatable bonds is 27. The first-order valence-corrected chi connectivity index (χ1v) is 25.0. The summed E-state index contributed by atoms with van der Waals surface area (Å²) in [4.78, 5) is 91.8. The highest BCUT2D eigenvalue weighted by molar-refractivity contribution is 5.96. The van der Waals surface area contributed by atoms with Crippen molar-refractivity contribution in [2.75, 3.05) is 51.8 Å². The van der Waals surface area contributed by atoms with Crippen LogP contribution in [0.2, 0.25) is 0 Å². The summed E-state index contributed by atoms with van der Waals surface area (Å²) in [5, 5.41) is 13.0. The van der Waals surface area contributed by atoms with Crippen molar-refractivity contribution >= 4 is 47.9 Å². The Morgan fingerprint density at radius 2 is 1.56 bits per heavy atom. The summed E-state index contributed by atoms with van der Waals surface area (Å²) in [6.07, 6.45) is 5.09. The molecule has 2 unspecified atom stereocenters. The molecule has 4 aromatic rings. The fourth-order valence-electron chi connectivity index (χ4n) is 7.51. The molecule has 0 fully saturated rings. The Kier molecular flexibility index (Phi) is 29.0. The van der Waals surface area contributed by atoms with Crippen molar-refractivity contribution in [2.45, 2.75) is 112 Å². The van der Waals surface area contributed by atoms with Gasteiger partial charge in [0.25, 0.3) is 5.91 Å². The topological polar surface area (TPSA) is 271 Å². The van der Waals surface area contributed by atoms with Crippen LogP contribution in [-0.4, -0.2) is 109 Å². The number of primary amides is 1. The lowest BCUT2D eigenvalue weighted by Gasteiger charge is -2.40. The van der Waals surface area contributed by atoms with E-state index in [4.69, 9.17) is 25.9 Å². The first-order valence-electron chi connectivity index (χ1n) is 25.0. The number of urea groups is 1. The summed E-state index contributed by atoms with van der Waals surface area (Å²) in [5.41, 5.74) is 13.7. The molecule has 1 aromatic heterocycles. The van der Waals surface area contributed by atoms with Gasteiger partial charge >= 0.3 is 12.2 Å². The number of unbranched alkanes of at least 4 members (excludes halogenated alkanes) is 2. The number of halogens is 2. The van der Waals surface area contributed by atoms with Gasteiger partial charge in [-0.1, -0.05) is 102 Å². The first kappa shape index (κ1) is 63.7. The molecule has 0 aliphatic rings. The standard InChI is InChI=1S/C49H65FN8O8.C4H10N2O.CH3F/c1-33(2)44(56-41(60)16-11-8-12-24-52-32-59)47(63)53-27-42(61)54-37-20-18-36(19-21-37)30-65-48(64)66-31-43(62)58(25-13-23-51)45(49(4,5)6)46-55-40(38-26-34(3)17-22-39(38)50)29-57(46)28-35-14-9-7-10-15-35;1-2-3-6-4(5)7;1-2/h7,9-10,14-15,17-22,26,29,32-33,44-45H,8,11-13,16,23-25,27-28,30-31,51H2,1-6H3,(H,52,59)(H,53,63)(H,54,61)(H,56,60);2-3H2,1H3,(H3,5,6,7);1H3. The quantitative estimate of drug-likeness (QED) is 0.0185. The number of aryl methyl sites for hydroxylation is 1. The molecule has 75 heavy (non-hydrogen) atoms. The average molecular weight is 1050 g/mol. The Hall–Kier alpha value is -7.42. The predicted molar refractivity (Wildman–Crippen MR) is 284 cm³/mol. The number of aromatic nitrogens is 2. The molecular weight excluding hydrogens is 971 g/mol. The van der Waals surface area contributed by atoms with Gasteiger partial charge in [0, 0.05) is 50.0 Å². The SMILES string of the molecule is CCCNC(N)=O.CF.Cc1ccc(F)c(-c2cn(Cc3ccccc3)c(C(N(CCCN)C(=O)COC(=O)OCc3ccc(NC(=O)CNC(=O)C(NC(=O)CCCCCNC=O)C(C)C)cc3)C(C)(C)C)n2)c1. The van der Waals surface area contributed by atoms with Crippen molar-refractivity contribution in [3.8, 4) is 11.3 Å². The maximum Gasteiger partial charge on any atom is 0.509 e. The number of nitrogens with one attached hydrogen (secondary N) is 5. The molecule has 412 valence electrons. The fraction of sp³-hybridized carbons (Fsp3) is 0.481. The van der Waals surface area contributed by atoms with Crippen LogP contribution in [0.25, 0.3) is 11.3 Å². The lowest BCUT2D eigenvalue weighted by Crippen LogP contribution is -2.51. The normalized spacial score (nSPS) is 11.5. The van der Waals surface area contributed by atoms with Crippen molar-refractivity contribution in [1.82, 2.24) is 35.7 Å². The second-order valence-corrected chi connectivity index (χ2v) is 18.8. The summed E-state index contributed by atoms with van der Waals surface area (Å²) < 4.78 is 37.4. The number of hydrogen-bond donors (Lipinski definition) is 7. The number of alkyl halides is 1. The minimum Gasteiger partial charge on any atom is -0.429 e. The van der Waals surface area contributed by atoms with Crippen LogP contribution >= 0.6 is 0 Å². The van der Waals surface area contributed by atoms with Gasteiger partial charge in [-0.2, -0.15) is 0 Å². The van der Waals surface area contributed by atoms with E-state index < -0.39 is 59.8 Å². The largest absolute Gasteiger partial charge is 0.509 e. The van der Waals surface area contributed by atoms with Crippen LogP contribution in [0.3, 0.4) is 0 Å². The van der Waals surface area contributed by atoms with Crippen LogP contribution in [0.4, 0.5) is 24.1 Å². The molecule has 0 saturated heterocycles. The van der Waals surface area contributed by atoms with Crippen molar-refractivity contribution < 1.29 is 51.8 Å². The highest BCUT2D eigenvalue weighted by Gasteiger charge is 2.39. The number of carbonyl (C=O) groups excluding carboxylic acids is 7. The zero-order valence-corrected chi connectivity index (χ0v) is 44.6. The molecule has 7 amide bonds. The van der Waals surface area contributed by atoms with E-state index in [1.165, 1.54) is 6.07 Å². The third-order valence-electron chi connectivity index (χ3n) is 11.2. The zero-order valence-electron chi connectivity index (χ0n) is 44.6. The highest BCUT2D eigenvalue weighted by atomic mass is 19.1. The van der Waals surface area contributed by atoms with Crippen molar-refractivity contribution in [3.63, 3.8) is 0 Å². The van der Waals surface area contributed by atoms with E-state index in [9.17, 15) is 38.0 Å². The molecule has 0 aliphatic carbocycles. The molecule has 2 atom stereocenters. The number of carbonyl (C=O) groups is 7.